The van der Waals surface area contributed by atoms with Gasteiger partial charge in [-0.3, -0.25) is 57.7 Å². The fourth-order valence-electron chi connectivity index (χ4n) is 10.9. The fraction of sp³-hybridized carbons (Fsp3) is 0.605. The Balaban J connectivity index is 0.000000136. The zero-order valence-corrected chi connectivity index (χ0v) is 33.9. The van der Waals surface area contributed by atoms with Crippen LogP contribution in [0.5, 0.6) is 0 Å². The lowest BCUT2D eigenvalue weighted by Gasteiger charge is -2.17. The van der Waals surface area contributed by atoms with E-state index in [-0.39, 0.29) is 158 Å². The number of amides is 6. The largest absolute Gasteiger partial charge is 0.481 e. The summed E-state index contributed by atoms with van der Waals surface area (Å²) in [7, 11) is 0. The number of carbonyl (C=O) groups excluding carboxylic acids is 9. The van der Waals surface area contributed by atoms with Crippen molar-refractivity contribution in [1.29, 1.82) is 0 Å². The molecule has 62 heavy (non-hydrogen) atoms. The Bertz CT molecular complexity index is 1940. The zero-order valence-electron chi connectivity index (χ0n) is 33.9. The highest BCUT2D eigenvalue weighted by atomic mass is 16.7. The molecule has 10 aliphatic rings. The second kappa shape index (κ2) is 18.2. The van der Waals surface area contributed by atoms with E-state index in [9.17, 15) is 52.7 Å². The summed E-state index contributed by atoms with van der Waals surface area (Å²) in [5, 5.41) is 17.1. The second-order valence-electron chi connectivity index (χ2n) is 17.3. The predicted molar refractivity (Wildman–Crippen MR) is 207 cm³/mol. The molecule has 0 aromatic carbocycles. The molecule has 0 aromatic rings. The SMILES string of the molecule is NCCCC(=O)O.O=C(CCCN1C(=O)[C@@H]2C3C=CC(C3)[C@@H]2C1=O)ON1C(=O)CCC1=O.O=C(O)CCCN1C(=O)[C@@H]2C3C=CC(C3)[C@@H]2C1=O.O=C1OC(=O)[C@H]2C3C=CC(C3)[C@@H]12. The van der Waals surface area contributed by atoms with Gasteiger partial charge in [-0.25, -0.2) is 4.79 Å². The average molecular weight is 863 g/mol. The minimum atomic E-state index is -0.893. The monoisotopic (exact) mass is 862 g/mol. The van der Waals surface area contributed by atoms with Crippen molar-refractivity contribution in [3.8, 4) is 0 Å². The molecule has 7 fully saturated rings. The third kappa shape index (κ3) is 8.50. The summed E-state index contributed by atoms with van der Waals surface area (Å²) in [6.07, 6.45) is 16.4. The van der Waals surface area contributed by atoms with Crippen LogP contribution < -0.4 is 5.73 Å². The summed E-state index contributed by atoms with van der Waals surface area (Å²) in [4.78, 5) is 134. The molecule has 6 bridgehead atoms. The molecule has 0 spiro atoms. The highest BCUT2D eigenvalue weighted by Crippen LogP contribution is 2.54. The van der Waals surface area contributed by atoms with Gasteiger partial charge in [0.2, 0.25) is 23.6 Å². The van der Waals surface area contributed by atoms with E-state index in [0.29, 0.717) is 24.4 Å². The number of rotatable bonds is 12. The Morgan fingerprint density at radius 2 is 0.887 bits per heavy atom. The molecule has 3 saturated carbocycles. The standard InChI is InChI=1S/C17H18N2O6.C13H15NO4.C9H8O3.C4H9NO2/c20-11-5-6-12(21)19(11)25-13(22)2-1-7-18-16(23)14-9-3-4-10(8-9)15(14)17(18)24;15-9(16)2-1-5-14-12(17)10-7-3-4-8(6-7)11(10)13(14)18;10-8-6-4-1-2-5(3-4)7(6)9(11)12-8;5-3-1-2-4(6)7/h3-4,9-10,14-15H,1-2,5-8H2;3-4,7-8,10-11H,1-2,5-6H2,(H,15,16);1-2,4-7H,3H2;1-3,5H2,(H,6,7)/t9?,10?,14-,15+;7?,8?,10-,11+;4?,5?,6-,7+;. The topological polar surface area (TPSA) is 282 Å². The van der Waals surface area contributed by atoms with Crippen LogP contribution in [0.4, 0.5) is 0 Å². The average Bonchev–Trinajstić information content (AvgIpc) is 4.11. The Morgan fingerprint density at radius 1 is 0.548 bits per heavy atom. The normalized spacial score (nSPS) is 34.2. The first kappa shape index (κ1) is 44.2. The molecule has 6 unspecified atom stereocenters. The Morgan fingerprint density at radius 3 is 1.23 bits per heavy atom. The number of ether oxygens (including phenoxy) is 1. The van der Waals surface area contributed by atoms with Crippen molar-refractivity contribution >= 4 is 65.3 Å². The van der Waals surface area contributed by atoms with Crippen LogP contribution in [0, 0.1) is 71.0 Å². The maximum Gasteiger partial charge on any atom is 0.333 e. The summed E-state index contributed by atoms with van der Waals surface area (Å²) in [5.74, 6) is -4.32. The van der Waals surface area contributed by atoms with Crippen molar-refractivity contribution in [2.45, 2.75) is 70.6 Å². The number of fused-ring (bicyclic) bond motifs is 15. The first-order valence-electron chi connectivity index (χ1n) is 21.3. The van der Waals surface area contributed by atoms with Crippen LogP contribution in [-0.2, 0) is 62.3 Å². The summed E-state index contributed by atoms with van der Waals surface area (Å²) in [6.45, 7) is 0.865. The molecule has 4 aliphatic heterocycles. The molecule has 19 heteroatoms. The predicted octanol–water partition coefficient (Wildman–Crippen LogP) is 1.16. The molecule has 19 nitrogen and oxygen atoms in total. The van der Waals surface area contributed by atoms with Crippen molar-refractivity contribution in [2.75, 3.05) is 19.6 Å². The zero-order chi connectivity index (χ0) is 44.6. The van der Waals surface area contributed by atoms with Gasteiger partial charge in [-0.2, -0.15) is 0 Å². The van der Waals surface area contributed by atoms with Crippen LogP contribution in [0.25, 0.3) is 0 Å². The number of esters is 2. The summed E-state index contributed by atoms with van der Waals surface area (Å²) >= 11 is 0. The van der Waals surface area contributed by atoms with Crippen LogP contribution in [0.3, 0.4) is 0 Å². The number of nitrogens with two attached hydrogens (primary N) is 1. The van der Waals surface area contributed by atoms with Gasteiger partial charge in [-0.1, -0.05) is 36.5 Å². The number of cyclic esters (lactones) is 2. The third-order valence-corrected chi connectivity index (χ3v) is 13.7. The number of aliphatic carboxylic acids is 2. The second-order valence-corrected chi connectivity index (χ2v) is 17.3. The van der Waals surface area contributed by atoms with Gasteiger partial charge < -0.3 is 25.5 Å². The Kier molecular flexibility index (Phi) is 13.0. The van der Waals surface area contributed by atoms with E-state index < -0.39 is 29.7 Å². The number of carbonyl (C=O) groups is 11. The van der Waals surface area contributed by atoms with E-state index in [1.165, 1.54) is 9.80 Å². The van der Waals surface area contributed by atoms with Gasteiger partial charge in [0, 0.05) is 45.2 Å². The molecule has 0 radical (unpaired) electrons. The first-order valence-corrected chi connectivity index (χ1v) is 21.3. The van der Waals surface area contributed by atoms with E-state index in [4.69, 9.17) is 20.8 Å². The van der Waals surface area contributed by atoms with E-state index >= 15 is 0 Å². The van der Waals surface area contributed by atoms with E-state index in [2.05, 4.69) is 16.9 Å². The summed E-state index contributed by atoms with van der Waals surface area (Å²) in [5.41, 5.74) is 5.01. The molecule has 10 rings (SSSR count). The molecule has 0 aromatic heterocycles. The minimum Gasteiger partial charge on any atom is -0.481 e. The molecule has 4 saturated heterocycles. The smallest absolute Gasteiger partial charge is 0.333 e. The van der Waals surface area contributed by atoms with Gasteiger partial charge in [0.1, 0.15) is 0 Å². The van der Waals surface area contributed by atoms with Gasteiger partial charge in [-0.05, 0) is 80.6 Å². The van der Waals surface area contributed by atoms with E-state index in [0.717, 1.165) is 19.3 Å². The third-order valence-electron chi connectivity index (χ3n) is 13.7. The number of nitrogens with zero attached hydrogens (tertiary/aromatic N) is 3. The van der Waals surface area contributed by atoms with Crippen LogP contribution in [-0.4, -0.2) is 110 Å². The Hall–Kier alpha value is -5.85. The number of carboxylic acid groups (broad SMARTS) is 2. The van der Waals surface area contributed by atoms with E-state index in [1.807, 2.05) is 24.3 Å². The summed E-state index contributed by atoms with van der Waals surface area (Å²) in [6, 6.07) is 0. The maximum absolute atomic E-state index is 12.5. The number of allylic oxidation sites excluding steroid dienone is 6. The van der Waals surface area contributed by atoms with Crippen molar-refractivity contribution < 1.29 is 72.5 Å². The fourth-order valence-corrected chi connectivity index (χ4v) is 10.9. The number of imide groups is 3. The molecular formula is C43H50N4O15. The lowest BCUT2D eigenvalue weighted by atomic mass is 9.85. The van der Waals surface area contributed by atoms with Gasteiger partial charge in [0.25, 0.3) is 11.8 Å². The van der Waals surface area contributed by atoms with Gasteiger partial charge in [0.15, 0.2) is 0 Å². The van der Waals surface area contributed by atoms with Crippen molar-refractivity contribution in [1.82, 2.24) is 14.9 Å². The molecule has 4 N–H and O–H groups in total. The maximum atomic E-state index is 12.5. The molecule has 332 valence electrons. The highest BCUT2D eigenvalue weighted by Gasteiger charge is 2.61. The molecule has 6 amide bonds. The van der Waals surface area contributed by atoms with Gasteiger partial charge in [-0.15, -0.1) is 5.06 Å². The first-order chi connectivity index (χ1) is 29.6. The van der Waals surface area contributed by atoms with Crippen LogP contribution >= 0.6 is 0 Å². The quantitative estimate of drug-likeness (QED) is 0.107. The lowest BCUT2D eigenvalue weighted by Crippen LogP contribution is -2.35. The number of hydrogen-bond acceptors (Lipinski definition) is 14. The van der Waals surface area contributed by atoms with Crippen LogP contribution in [0.15, 0.2) is 36.5 Å². The number of hydroxylamine groups is 2. The van der Waals surface area contributed by atoms with Crippen LogP contribution in [0.1, 0.15) is 70.6 Å². The number of carboxylic acids is 2. The molecule has 12 atom stereocenters. The van der Waals surface area contributed by atoms with Crippen molar-refractivity contribution in [3.05, 3.63) is 36.5 Å². The Labute approximate surface area is 355 Å². The minimum absolute atomic E-state index is 0.00248. The summed E-state index contributed by atoms with van der Waals surface area (Å²) < 4.78 is 4.59. The molecule has 6 aliphatic carbocycles. The van der Waals surface area contributed by atoms with Crippen molar-refractivity contribution in [2.24, 2.45) is 76.7 Å². The van der Waals surface area contributed by atoms with E-state index in [1.54, 1.807) is 0 Å². The number of hydrogen-bond donors (Lipinski definition) is 3. The molecule has 4 heterocycles. The molecular weight excluding hydrogens is 812 g/mol. The van der Waals surface area contributed by atoms with Gasteiger partial charge >= 0.3 is 29.8 Å². The lowest BCUT2D eigenvalue weighted by molar-refractivity contribution is -0.197. The number of likely N-dealkylation sites (tertiary alicyclic amines) is 2. The van der Waals surface area contributed by atoms with Gasteiger partial charge in [0.05, 0.1) is 35.5 Å². The van der Waals surface area contributed by atoms with Crippen LogP contribution in [0.2, 0.25) is 0 Å². The highest BCUT2D eigenvalue weighted by molar-refractivity contribution is 6.07. The van der Waals surface area contributed by atoms with Crippen molar-refractivity contribution in [3.63, 3.8) is 0 Å².